The smallest absolute Gasteiger partial charge is 0.345 e. The third kappa shape index (κ3) is 2.75. The van der Waals surface area contributed by atoms with Crippen LogP contribution in [0.5, 0.6) is 0 Å². The predicted molar refractivity (Wildman–Crippen MR) is 80.8 cm³/mol. The van der Waals surface area contributed by atoms with Gasteiger partial charge in [-0.1, -0.05) is 51.1 Å². The van der Waals surface area contributed by atoms with Crippen molar-refractivity contribution >= 4 is 5.97 Å². The van der Waals surface area contributed by atoms with E-state index in [4.69, 9.17) is 9.47 Å². The van der Waals surface area contributed by atoms with Crippen LogP contribution in [0, 0.1) is 11.3 Å². The summed E-state index contributed by atoms with van der Waals surface area (Å²) in [5.41, 5.74) is -1.26. The summed E-state index contributed by atoms with van der Waals surface area (Å²) in [5.74, 6) is -3.89. The molecule has 2 aliphatic rings. The van der Waals surface area contributed by atoms with E-state index < -0.39 is 35.1 Å². The Morgan fingerprint density at radius 2 is 1.83 bits per heavy atom. The van der Waals surface area contributed by atoms with Gasteiger partial charge in [-0.3, -0.25) is 0 Å². The fourth-order valence-corrected chi connectivity index (χ4v) is 3.45. The van der Waals surface area contributed by atoms with Gasteiger partial charge in [0.25, 0.3) is 0 Å². The number of esters is 1. The maximum atomic E-state index is 13.8. The van der Waals surface area contributed by atoms with Crippen molar-refractivity contribution in [2.75, 3.05) is 0 Å². The van der Waals surface area contributed by atoms with E-state index in [1.807, 2.05) is 26.8 Å². The summed E-state index contributed by atoms with van der Waals surface area (Å²) < 4.78 is 39.1. The molecule has 1 saturated carbocycles. The number of ether oxygens (including phenoxy) is 2. The van der Waals surface area contributed by atoms with Crippen LogP contribution in [0.25, 0.3) is 0 Å². The SMILES string of the molecule is CC(C)(C)[C@H]1OC(=O)[C@](c2ccccc2)(C2CCC(F)(F)C2)O1. The first kappa shape index (κ1) is 16.4. The Labute approximate surface area is 135 Å². The number of alkyl halides is 2. The van der Waals surface area contributed by atoms with Gasteiger partial charge < -0.3 is 9.47 Å². The summed E-state index contributed by atoms with van der Waals surface area (Å²) in [5, 5.41) is 0. The minimum Gasteiger partial charge on any atom is -0.433 e. The molecule has 0 aromatic heterocycles. The highest BCUT2D eigenvalue weighted by atomic mass is 19.3. The Hall–Kier alpha value is -1.49. The highest BCUT2D eigenvalue weighted by Crippen LogP contribution is 2.53. The molecule has 5 heteroatoms. The monoisotopic (exact) mass is 324 g/mol. The molecule has 3 atom stereocenters. The molecule has 1 unspecified atom stereocenters. The van der Waals surface area contributed by atoms with E-state index in [0.29, 0.717) is 5.56 Å². The van der Waals surface area contributed by atoms with E-state index in [2.05, 4.69) is 0 Å². The molecule has 0 spiro atoms. The topological polar surface area (TPSA) is 35.5 Å². The fourth-order valence-electron chi connectivity index (χ4n) is 3.45. The minimum absolute atomic E-state index is 0.219. The van der Waals surface area contributed by atoms with E-state index in [1.165, 1.54) is 0 Å². The summed E-state index contributed by atoms with van der Waals surface area (Å²) >= 11 is 0. The normalized spacial score (nSPS) is 33.7. The second-order valence-electron chi connectivity index (χ2n) is 7.62. The standard InChI is InChI=1S/C18H22F2O3/c1-16(2,3)15-22-14(21)18(23-15,12-7-5-4-6-8-12)13-9-10-17(19,20)11-13/h4-8,13,15H,9-11H2,1-3H3/t13?,15-,18-/m0/s1. The third-order valence-corrected chi connectivity index (χ3v) is 4.70. The van der Waals surface area contributed by atoms with Crippen molar-refractivity contribution in [2.24, 2.45) is 11.3 Å². The maximum absolute atomic E-state index is 13.8. The van der Waals surface area contributed by atoms with Crippen molar-refractivity contribution in [1.82, 2.24) is 0 Å². The number of benzene rings is 1. The lowest BCUT2D eigenvalue weighted by Crippen LogP contribution is -2.42. The number of cyclic esters (lactones) is 1. The van der Waals surface area contributed by atoms with Crippen LogP contribution in [0.3, 0.4) is 0 Å². The number of carbonyl (C=O) groups is 1. The first-order valence-electron chi connectivity index (χ1n) is 7.97. The Balaban J connectivity index is 2.04. The third-order valence-electron chi connectivity index (χ3n) is 4.70. The van der Waals surface area contributed by atoms with Gasteiger partial charge in [-0.2, -0.15) is 0 Å². The summed E-state index contributed by atoms with van der Waals surface area (Å²) in [6.07, 6.45) is -1.07. The average molecular weight is 324 g/mol. The molecule has 2 fully saturated rings. The highest BCUT2D eigenvalue weighted by molar-refractivity contribution is 5.83. The molecular weight excluding hydrogens is 302 g/mol. The average Bonchev–Trinajstić information content (AvgIpc) is 3.00. The zero-order chi connectivity index (χ0) is 16.9. The molecule has 1 aromatic carbocycles. The zero-order valence-electron chi connectivity index (χ0n) is 13.6. The second-order valence-corrected chi connectivity index (χ2v) is 7.62. The van der Waals surface area contributed by atoms with Gasteiger partial charge in [0.1, 0.15) is 0 Å². The lowest BCUT2D eigenvalue weighted by atomic mass is 9.80. The number of hydrogen-bond donors (Lipinski definition) is 0. The molecule has 3 nitrogen and oxygen atoms in total. The molecule has 0 bridgehead atoms. The van der Waals surface area contributed by atoms with Crippen LogP contribution in [0.15, 0.2) is 30.3 Å². The summed E-state index contributed by atoms with van der Waals surface area (Å²) in [6.45, 7) is 5.69. The Morgan fingerprint density at radius 3 is 2.30 bits per heavy atom. The molecule has 1 saturated heterocycles. The molecule has 3 rings (SSSR count). The summed E-state index contributed by atoms with van der Waals surface area (Å²) in [7, 11) is 0. The van der Waals surface area contributed by atoms with Gasteiger partial charge in [0.2, 0.25) is 12.2 Å². The van der Waals surface area contributed by atoms with Gasteiger partial charge in [-0.15, -0.1) is 0 Å². The molecular formula is C18H22F2O3. The van der Waals surface area contributed by atoms with Crippen molar-refractivity contribution in [2.45, 2.75) is 57.8 Å². The van der Waals surface area contributed by atoms with Gasteiger partial charge in [0.05, 0.1) is 0 Å². The van der Waals surface area contributed by atoms with Gasteiger partial charge in [-0.25, -0.2) is 13.6 Å². The summed E-state index contributed by atoms with van der Waals surface area (Å²) in [6, 6.07) is 8.89. The van der Waals surface area contributed by atoms with Crippen molar-refractivity contribution in [1.29, 1.82) is 0 Å². The zero-order valence-corrected chi connectivity index (χ0v) is 13.6. The van der Waals surface area contributed by atoms with Gasteiger partial charge in [-0.05, 0) is 12.0 Å². The van der Waals surface area contributed by atoms with Crippen molar-refractivity contribution < 1.29 is 23.0 Å². The molecule has 0 N–H and O–H groups in total. The maximum Gasteiger partial charge on any atom is 0.345 e. The molecule has 1 aromatic rings. The molecule has 126 valence electrons. The summed E-state index contributed by atoms with van der Waals surface area (Å²) in [4.78, 5) is 12.8. The van der Waals surface area contributed by atoms with Crippen molar-refractivity contribution in [3.05, 3.63) is 35.9 Å². The van der Waals surface area contributed by atoms with Crippen LogP contribution in [0.2, 0.25) is 0 Å². The van der Waals surface area contributed by atoms with Gasteiger partial charge >= 0.3 is 5.97 Å². The Morgan fingerprint density at radius 1 is 1.17 bits per heavy atom. The van der Waals surface area contributed by atoms with E-state index in [-0.39, 0.29) is 19.3 Å². The fraction of sp³-hybridized carbons (Fsp3) is 0.611. The number of hydrogen-bond acceptors (Lipinski definition) is 3. The van der Waals surface area contributed by atoms with E-state index in [0.717, 1.165) is 0 Å². The number of rotatable bonds is 2. The molecule has 0 amide bonds. The quantitative estimate of drug-likeness (QED) is 0.762. The van der Waals surface area contributed by atoms with Crippen LogP contribution in [-0.2, 0) is 19.9 Å². The van der Waals surface area contributed by atoms with Crippen LogP contribution >= 0.6 is 0 Å². The molecule has 23 heavy (non-hydrogen) atoms. The van der Waals surface area contributed by atoms with Crippen LogP contribution in [0.4, 0.5) is 8.78 Å². The van der Waals surface area contributed by atoms with Gasteiger partial charge in [0.15, 0.2) is 5.60 Å². The lowest BCUT2D eigenvalue weighted by Gasteiger charge is -2.33. The van der Waals surface area contributed by atoms with E-state index in [9.17, 15) is 13.6 Å². The number of halogens is 2. The number of carbonyl (C=O) groups excluding carboxylic acids is 1. The van der Waals surface area contributed by atoms with Crippen molar-refractivity contribution in [3.63, 3.8) is 0 Å². The van der Waals surface area contributed by atoms with Crippen LogP contribution in [0.1, 0.15) is 45.6 Å². The second kappa shape index (κ2) is 5.26. The van der Waals surface area contributed by atoms with E-state index in [1.54, 1.807) is 24.3 Å². The highest BCUT2D eigenvalue weighted by Gasteiger charge is 2.62. The molecule has 1 heterocycles. The predicted octanol–water partition coefficient (Wildman–Crippen LogP) is 4.26. The Bertz CT molecular complexity index is 594. The Kier molecular flexibility index (Phi) is 3.75. The van der Waals surface area contributed by atoms with Crippen molar-refractivity contribution in [3.8, 4) is 0 Å². The van der Waals surface area contributed by atoms with E-state index >= 15 is 0 Å². The first-order chi connectivity index (χ1) is 10.7. The van der Waals surface area contributed by atoms with Crippen LogP contribution < -0.4 is 0 Å². The first-order valence-corrected chi connectivity index (χ1v) is 7.97. The lowest BCUT2D eigenvalue weighted by molar-refractivity contribution is -0.163. The largest absolute Gasteiger partial charge is 0.433 e. The molecule has 0 radical (unpaired) electrons. The minimum atomic E-state index is -2.75. The van der Waals surface area contributed by atoms with Crippen LogP contribution in [-0.4, -0.2) is 18.2 Å². The molecule has 1 aliphatic carbocycles. The molecule has 1 aliphatic heterocycles. The van der Waals surface area contributed by atoms with Gasteiger partial charge in [0, 0.05) is 24.2 Å².